The summed E-state index contributed by atoms with van der Waals surface area (Å²) < 4.78 is 0. The molecule has 3 rings (SSSR count). The Balaban J connectivity index is 2.34. The summed E-state index contributed by atoms with van der Waals surface area (Å²) in [6, 6.07) is 10.9. The summed E-state index contributed by atoms with van der Waals surface area (Å²) in [7, 11) is -0.373. The molecule has 1 aliphatic rings. The molecule has 2 aromatic rings. The van der Waals surface area contributed by atoms with E-state index in [-0.39, 0.29) is 22.0 Å². The van der Waals surface area contributed by atoms with Gasteiger partial charge in [0.25, 0.3) is 5.91 Å². The molecule has 0 fully saturated rings. The van der Waals surface area contributed by atoms with Crippen LogP contribution >= 0.6 is 10.5 Å². The first-order valence-electron chi connectivity index (χ1n) is 6.84. The van der Waals surface area contributed by atoms with Gasteiger partial charge in [-0.3, -0.25) is 4.79 Å². The molecule has 0 radical (unpaired) electrons. The number of carboxylic acid groups (broad SMARTS) is 1. The van der Waals surface area contributed by atoms with Crippen molar-refractivity contribution in [3.63, 3.8) is 0 Å². The number of fused-ring (bicyclic) bond motifs is 2. The second-order valence-corrected chi connectivity index (χ2v) is 6.97. The first kappa shape index (κ1) is 14.5. The van der Waals surface area contributed by atoms with Crippen molar-refractivity contribution in [2.45, 2.75) is 23.6 Å². The smallest absolute Gasteiger partial charge is 0.336 e. The Morgan fingerprint density at radius 2 is 1.91 bits per heavy atom. The van der Waals surface area contributed by atoms with Crippen molar-refractivity contribution < 1.29 is 14.7 Å². The van der Waals surface area contributed by atoms with Crippen LogP contribution in [0.2, 0.25) is 0 Å². The molecule has 2 N–H and O–H groups in total. The highest BCUT2D eigenvalue weighted by molar-refractivity contribution is 8.15. The zero-order valence-electron chi connectivity index (χ0n) is 12.2. The van der Waals surface area contributed by atoms with Crippen molar-refractivity contribution in [2.75, 3.05) is 5.32 Å². The molecule has 1 heterocycles. The van der Waals surface area contributed by atoms with Gasteiger partial charge in [-0.2, -0.15) is 0 Å². The van der Waals surface area contributed by atoms with Crippen molar-refractivity contribution in [1.82, 2.24) is 0 Å². The molecular weight excluding hydrogens is 298 g/mol. The average Bonchev–Trinajstić information content (AvgIpc) is 2.62. The largest absolute Gasteiger partial charge is 0.478 e. The van der Waals surface area contributed by atoms with Gasteiger partial charge in [0.1, 0.15) is 0 Å². The van der Waals surface area contributed by atoms with Gasteiger partial charge >= 0.3 is 5.97 Å². The van der Waals surface area contributed by atoms with Crippen LogP contribution in [-0.4, -0.2) is 22.4 Å². The van der Waals surface area contributed by atoms with Crippen molar-refractivity contribution >= 4 is 33.4 Å². The summed E-state index contributed by atoms with van der Waals surface area (Å²) in [6.45, 7) is 3.69. The lowest BCUT2D eigenvalue weighted by Crippen LogP contribution is -2.13. The third kappa shape index (κ3) is 2.14. The predicted molar refractivity (Wildman–Crippen MR) is 88.4 cm³/mol. The molecule has 0 aromatic heterocycles. The maximum atomic E-state index is 12.5. The minimum atomic E-state index is -0.989. The third-order valence-corrected chi connectivity index (χ3v) is 5.85. The first-order valence-corrected chi connectivity index (χ1v) is 8.13. The van der Waals surface area contributed by atoms with Gasteiger partial charge in [0, 0.05) is 9.79 Å². The second-order valence-electron chi connectivity index (χ2n) is 4.94. The van der Waals surface area contributed by atoms with E-state index in [9.17, 15) is 14.7 Å². The molecular formula is C17H15NO3S. The summed E-state index contributed by atoms with van der Waals surface area (Å²) in [4.78, 5) is 25.7. The van der Waals surface area contributed by atoms with Crippen LogP contribution in [0.25, 0.3) is 0 Å². The van der Waals surface area contributed by atoms with Crippen LogP contribution in [0.5, 0.6) is 0 Å². The van der Waals surface area contributed by atoms with E-state index in [1.807, 2.05) is 25.1 Å². The van der Waals surface area contributed by atoms with Crippen molar-refractivity contribution in [3.05, 3.63) is 53.1 Å². The lowest BCUT2D eigenvalue weighted by molar-refractivity contribution is 0.0695. The lowest BCUT2D eigenvalue weighted by atomic mass is 10.1. The highest BCUT2D eigenvalue weighted by Crippen LogP contribution is 2.45. The highest BCUT2D eigenvalue weighted by atomic mass is 32.2. The van der Waals surface area contributed by atoms with Crippen LogP contribution in [0.1, 0.15) is 33.2 Å². The standard InChI is InChI=1S/C17H15NO3S/c1-3-22-13-7-5-4-6-12(13)16(19)18-15-10(2)11(17(20)21)8-9-14(15)22/h3-9H,1-2H3,(H,18,19)(H,20,21). The van der Waals surface area contributed by atoms with Crippen molar-refractivity contribution in [3.8, 4) is 0 Å². The van der Waals surface area contributed by atoms with E-state index in [0.29, 0.717) is 16.8 Å². The zero-order chi connectivity index (χ0) is 15.9. The van der Waals surface area contributed by atoms with Gasteiger partial charge in [-0.25, -0.2) is 4.79 Å². The minimum Gasteiger partial charge on any atom is -0.478 e. The van der Waals surface area contributed by atoms with E-state index >= 15 is 0 Å². The first-order chi connectivity index (χ1) is 10.5. The number of hydrogen-bond acceptors (Lipinski definition) is 2. The SMILES string of the molecule is C/C=S1\c2ccccc2C(=O)Nc2c1ccc(C(=O)O)c2C. The quantitative estimate of drug-likeness (QED) is 0.788. The molecule has 0 saturated heterocycles. The van der Waals surface area contributed by atoms with Gasteiger partial charge in [-0.1, -0.05) is 17.5 Å². The molecule has 1 aliphatic heterocycles. The summed E-state index contributed by atoms with van der Waals surface area (Å²) in [5.74, 6) is -1.18. The molecule has 0 bridgehead atoms. The number of carbonyl (C=O) groups excluding carboxylic acids is 1. The van der Waals surface area contributed by atoms with Gasteiger partial charge in [0.05, 0.1) is 16.8 Å². The third-order valence-electron chi connectivity index (χ3n) is 3.74. The lowest BCUT2D eigenvalue weighted by Gasteiger charge is -2.15. The van der Waals surface area contributed by atoms with E-state index < -0.39 is 5.97 Å². The number of carboxylic acids is 1. The summed E-state index contributed by atoms with van der Waals surface area (Å²) in [5.41, 5.74) is 2.05. The van der Waals surface area contributed by atoms with Crippen molar-refractivity contribution in [1.29, 1.82) is 0 Å². The Morgan fingerprint density at radius 1 is 1.18 bits per heavy atom. The highest BCUT2D eigenvalue weighted by Gasteiger charge is 2.24. The zero-order valence-corrected chi connectivity index (χ0v) is 13.0. The number of benzene rings is 2. The maximum absolute atomic E-state index is 12.5. The van der Waals surface area contributed by atoms with Gasteiger partial charge in [-0.15, -0.1) is 10.5 Å². The molecule has 4 nitrogen and oxygen atoms in total. The van der Waals surface area contributed by atoms with Crippen LogP contribution in [0.4, 0.5) is 5.69 Å². The topological polar surface area (TPSA) is 66.4 Å². The van der Waals surface area contributed by atoms with Gasteiger partial charge in [0.2, 0.25) is 0 Å². The number of hydrogen-bond donors (Lipinski definition) is 2. The van der Waals surface area contributed by atoms with Crippen LogP contribution in [-0.2, 0) is 0 Å². The van der Waals surface area contributed by atoms with E-state index in [1.165, 1.54) is 0 Å². The van der Waals surface area contributed by atoms with Gasteiger partial charge < -0.3 is 10.4 Å². The van der Waals surface area contributed by atoms with E-state index in [0.717, 1.165) is 9.79 Å². The van der Waals surface area contributed by atoms with E-state index in [1.54, 1.807) is 25.1 Å². The van der Waals surface area contributed by atoms with Gasteiger partial charge in [0.15, 0.2) is 0 Å². The molecule has 112 valence electrons. The molecule has 1 unspecified atom stereocenters. The minimum absolute atomic E-state index is 0.195. The fourth-order valence-electron chi connectivity index (χ4n) is 2.66. The monoisotopic (exact) mass is 313 g/mol. The summed E-state index contributed by atoms with van der Waals surface area (Å²) in [5, 5.41) is 14.2. The molecule has 1 atom stereocenters. The van der Waals surface area contributed by atoms with Crippen LogP contribution in [0, 0.1) is 6.92 Å². The Labute approximate surface area is 130 Å². The number of amides is 1. The Bertz CT molecular complexity index is 840. The maximum Gasteiger partial charge on any atom is 0.336 e. The molecule has 22 heavy (non-hydrogen) atoms. The number of anilines is 1. The second kappa shape index (κ2) is 5.42. The molecule has 5 heteroatoms. The van der Waals surface area contributed by atoms with Crippen LogP contribution < -0.4 is 5.32 Å². The van der Waals surface area contributed by atoms with E-state index in [4.69, 9.17) is 0 Å². The predicted octanol–water partition coefficient (Wildman–Crippen LogP) is 3.77. The normalized spacial score (nSPS) is 16.5. The van der Waals surface area contributed by atoms with Crippen molar-refractivity contribution in [2.24, 2.45) is 0 Å². The molecule has 0 spiro atoms. The molecule has 1 amide bonds. The number of aromatic carboxylic acids is 1. The Kier molecular flexibility index (Phi) is 3.58. The molecule has 0 aliphatic carbocycles. The van der Waals surface area contributed by atoms with Crippen LogP contribution in [0.15, 0.2) is 46.2 Å². The summed E-state index contributed by atoms with van der Waals surface area (Å²) >= 11 is 0. The number of nitrogens with one attached hydrogen (secondary N) is 1. The Hall–Kier alpha value is -2.40. The fraction of sp³-hybridized carbons (Fsp3) is 0.118. The summed E-state index contributed by atoms with van der Waals surface area (Å²) in [6.07, 6.45) is 0. The number of carbonyl (C=O) groups is 2. The average molecular weight is 313 g/mol. The molecule has 2 aromatic carbocycles. The van der Waals surface area contributed by atoms with Crippen LogP contribution in [0.3, 0.4) is 0 Å². The number of rotatable bonds is 1. The van der Waals surface area contributed by atoms with Gasteiger partial charge in [-0.05, 0) is 43.7 Å². The fourth-order valence-corrected chi connectivity index (χ4v) is 4.66. The Morgan fingerprint density at radius 3 is 2.59 bits per heavy atom. The molecule has 0 saturated carbocycles. The van der Waals surface area contributed by atoms with E-state index in [2.05, 4.69) is 10.7 Å².